The third-order valence-corrected chi connectivity index (χ3v) is 5.71. The summed E-state index contributed by atoms with van der Waals surface area (Å²) in [7, 11) is 1.33. The van der Waals surface area contributed by atoms with Crippen LogP contribution in [0.4, 0.5) is 21.5 Å². The highest BCUT2D eigenvalue weighted by Gasteiger charge is 2.29. The molecule has 9 heteroatoms. The maximum absolute atomic E-state index is 13.9. The molecule has 0 N–H and O–H groups in total. The highest BCUT2D eigenvalue weighted by molar-refractivity contribution is 5.96. The smallest absolute Gasteiger partial charge is 0.295 e. The molecule has 4 rings (SSSR count). The van der Waals surface area contributed by atoms with Crippen molar-refractivity contribution in [2.75, 3.05) is 56.2 Å². The fourth-order valence-electron chi connectivity index (χ4n) is 4.11. The number of hydrogen-bond acceptors (Lipinski definition) is 6. The van der Waals surface area contributed by atoms with Gasteiger partial charge in [-0.05, 0) is 18.1 Å². The number of methoxy groups -OCH3 is 1. The van der Waals surface area contributed by atoms with Gasteiger partial charge in [-0.3, -0.25) is 19.8 Å². The number of hydrogen-bond donors (Lipinski definition) is 0. The number of anilines is 2. The average molecular weight is 414 g/mol. The summed E-state index contributed by atoms with van der Waals surface area (Å²) < 4.78 is 18.9. The first-order valence-corrected chi connectivity index (χ1v) is 9.85. The molecule has 30 heavy (non-hydrogen) atoms. The van der Waals surface area contributed by atoms with Crippen LogP contribution in [0.15, 0.2) is 36.4 Å². The molecule has 1 fully saturated rings. The molecule has 0 aliphatic carbocycles. The number of nitrogens with zero attached hydrogens (tertiary/aromatic N) is 4. The van der Waals surface area contributed by atoms with Crippen LogP contribution in [-0.4, -0.2) is 62.1 Å². The molecule has 0 atom stereocenters. The van der Waals surface area contributed by atoms with Gasteiger partial charge in [-0.25, -0.2) is 4.39 Å². The van der Waals surface area contributed by atoms with Crippen LogP contribution in [0, 0.1) is 15.9 Å². The summed E-state index contributed by atoms with van der Waals surface area (Å²) in [4.78, 5) is 29.3. The molecule has 0 unspecified atom stereocenters. The molecule has 158 valence electrons. The van der Waals surface area contributed by atoms with Crippen molar-refractivity contribution in [1.82, 2.24) is 4.90 Å². The predicted octanol–water partition coefficient (Wildman–Crippen LogP) is 2.45. The molecule has 1 saturated heterocycles. The van der Waals surface area contributed by atoms with Crippen molar-refractivity contribution >= 4 is 23.0 Å². The van der Waals surface area contributed by atoms with Crippen LogP contribution in [0.2, 0.25) is 0 Å². The number of piperazine rings is 1. The summed E-state index contributed by atoms with van der Waals surface area (Å²) in [6.45, 7) is 3.16. The Morgan fingerprint density at radius 2 is 1.87 bits per heavy atom. The van der Waals surface area contributed by atoms with Crippen molar-refractivity contribution < 1.29 is 18.8 Å². The summed E-state index contributed by atoms with van der Waals surface area (Å²) in [6, 6.07) is 10.2. The van der Waals surface area contributed by atoms with Gasteiger partial charge in [0.05, 0.1) is 24.6 Å². The van der Waals surface area contributed by atoms with Gasteiger partial charge < -0.3 is 14.5 Å². The molecule has 2 aromatic carbocycles. The van der Waals surface area contributed by atoms with Gasteiger partial charge in [0, 0.05) is 44.5 Å². The second-order valence-corrected chi connectivity index (χ2v) is 7.42. The number of carbonyl (C=O) groups is 1. The number of carbonyl (C=O) groups excluding carboxylic acids is 1. The predicted molar refractivity (Wildman–Crippen MR) is 111 cm³/mol. The number of rotatable bonds is 5. The van der Waals surface area contributed by atoms with Gasteiger partial charge >= 0.3 is 0 Å². The zero-order valence-electron chi connectivity index (χ0n) is 16.7. The molecule has 2 aliphatic heterocycles. The Morgan fingerprint density at radius 1 is 1.13 bits per heavy atom. The molecule has 8 nitrogen and oxygen atoms in total. The van der Waals surface area contributed by atoms with Gasteiger partial charge in [0.15, 0.2) is 11.6 Å². The lowest BCUT2D eigenvalue weighted by Gasteiger charge is -2.36. The molecule has 0 bridgehead atoms. The zero-order valence-corrected chi connectivity index (χ0v) is 16.7. The lowest BCUT2D eigenvalue weighted by Crippen LogP contribution is -2.50. The number of para-hydroxylation sites is 1. The van der Waals surface area contributed by atoms with Crippen LogP contribution in [-0.2, 0) is 11.2 Å². The molecular formula is C21H23FN4O4. The van der Waals surface area contributed by atoms with E-state index in [1.165, 1.54) is 18.7 Å². The van der Waals surface area contributed by atoms with Crippen molar-refractivity contribution in [3.05, 3.63) is 57.9 Å². The lowest BCUT2D eigenvalue weighted by atomic mass is 10.2. The summed E-state index contributed by atoms with van der Waals surface area (Å²) in [5.74, 6) is -0.730. The van der Waals surface area contributed by atoms with E-state index in [2.05, 4.69) is 0 Å². The monoisotopic (exact) mass is 414 g/mol. The van der Waals surface area contributed by atoms with E-state index in [1.54, 1.807) is 0 Å². The Morgan fingerprint density at radius 3 is 2.57 bits per heavy atom. The van der Waals surface area contributed by atoms with Crippen molar-refractivity contribution in [3.63, 3.8) is 0 Å². The van der Waals surface area contributed by atoms with Gasteiger partial charge in [0.25, 0.3) is 5.69 Å². The maximum atomic E-state index is 13.9. The van der Waals surface area contributed by atoms with E-state index in [0.717, 1.165) is 18.2 Å². The van der Waals surface area contributed by atoms with Gasteiger partial charge in [-0.15, -0.1) is 0 Å². The van der Waals surface area contributed by atoms with E-state index in [4.69, 9.17) is 4.74 Å². The van der Waals surface area contributed by atoms with Crippen LogP contribution >= 0.6 is 0 Å². The minimum Gasteiger partial charge on any atom is -0.494 e. The summed E-state index contributed by atoms with van der Waals surface area (Å²) in [5.41, 5.74) is 2.22. The minimum atomic E-state index is -0.761. The van der Waals surface area contributed by atoms with E-state index >= 15 is 0 Å². The number of fused-ring (bicyclic) bond motifs is 1. The summed E-state index contributed by atoms with van der Waals surface area (Å²) in [5, 5.41) is 11.4. The molecule has 0 saturated carbocycles. The Bertz CT molecular complexity index is 975. The first kappa shape index (κ1) is 20.1. The number of halogens is 1. The van der Waals surface area contributed by atoms with Crippen molar-refractivity contribution in [3.8, 4) is 5.75 Å². The van der Waals surface area contributed by atoms with Crippen LogP contribution < -0.4 is 14.5 Å². The number of ether oxygens (including phenoxy) is 1. The first-order valence-electron chi connectivity index (χ1n) is 9.85. The zero-order chi connectivity index (χ0) is 21.3. The van der Waals surface area contributed by atoms with Crippen LogP contribution in [0.1, 0.15) is 5.56 Å². The topological polar surface area (TPSA) is 79.2 Å². The quantitative estimate of drug-likeness (QED) is 0.552. The van der Waals surface area contributed by atoms with E-state index in [9.17, 15) is 19.3 Å². The van der Waals surface area contributed by atoms with Crippen LogP contribution in [0.3, 0.4) is 0 Å². The standard InChI is InChI=1S/C21H23FN4O4/c1-30-20-13-18(19(26(28)29)12-16(20)22)24-10-8-23(9-11-24)14-21(27)25-7-6-15-4-2-3-5-17(15)25/h2-5,12-13H,6-11,14H2,1H3. The lowest BCUT2D eigenvalue weighted by molar-refractivity contribution is -0.384. The van der Waals surface area contributed by atoms with Crippen LogP contribution in [0.25, 0.3) is 0 Å². The van der Waals surface area contributed by atoms with Gasteiger partial charge in [0.2, 0.25) is 5.91 Å². The highest BCUT2D eigenvalue weighted by atomic mass is 19.1. The van der Waals surface area contributed by atoms with E-state index in [0.29, 0.717) is 45.0 Å². The second-order valence-electron chi connectivity index (χ2n) is 7.42. The molecule has 1 amide bonds. The Hall–Kier alpha value is -3.20. The van der Waals surface area contributed by atoms with E-state index in [1.807, 2.05) is 39.0 Å². The molecule has 2 heterocycles. The van der Waals surface area contributed by atoms with Gasteiger partial charge in [-0.2, -0.15) is 0 Å². The van der Waals surface area contributed by atoms with Crippen LogP contribution in [0.5, 0.6) is 5.75 Å². The highest BCUT2D eigenvalue weighted by Crippen LogP contribution is 2.35. The summed E-state index contributed by atoms with van der Waals surface area (Å²) >= 11 is 0. The maximum Gasteiger partial charge on any atom is 0.295 e. The van der Waals surface area contributed by atoms with Crippen molar-refractivity contribution in [2.45, 2.75) is 6.42 Å². The van der Waals surface area contributed by atoms with E-state index < -0.39 is 10.7 Å². The van der Waals surface area contributed by atoms with Gasteiger partial charge in [0.1, 0.15) is 5.69 Å². The van der Waals surface area contributed by atoms with Gasteiger partial charge in [-0.1, -0.05) is 18.2 Å². The van der Waals surface area contributed by atoms with Crippen molar-refractivity contribution in [1.29, 1.82) is 0 Å². The second kappa shape index (κ2) is 8.27. The molecule has 0 radical (unpaired) electrons. The third-order valence-electron chi connectivity index (χ3n) is 5.71. The molecular weight excluding hydrogens is 391 g/mol. The van der Waals surface area contributed by atoms with Crippen molar-refractivity contribution in [2.24, 2.45) is 0 Å². The SMILES string of the molecule is COc1cc(N2CCN(CC(=O)N3CCc4ccccc43)CC2)c([N+](=O)[O-])cc1F. The first-order chi connectivity index (χ1) is 14.5. The molecule has 0 spiro atoms. The number of benzene rings is 2. The number of nitro groups is 1. The number of nitro benzene ring substituents is 1. The average Bonchev–Trinajstić information content (AvgIpc) is 3.18. The summed E-state index contributed by atoms with van der Waals surface area (Å²) in [6.07, 6.45) is 0.867. The Labute approximate surface area is 173 Å². The molecule has 2 aliphatic rings. The van der Waals surface area contributed by atoms with E-state index in [-0.39, 0.29) is 17.3 Å². The fourth-order valence-corrected chi connectivity index (χ4v) is 4.11. The molecule has 2 aromatic rings. The fraction of sp³-hybridized carbons (Fsp3) is 0.381. The Balaban J connectivity index is 1.41. The third kappa shape index (κ3) is 3.80. The molecule has 0 aromatic heterocycles. The minimum absolute atomic E-state index is 0.0269. The number of amides is 1. The largest absolute Gasteiger partial charge is 0.494 e. The Kier molecular flexibility index (Phi) is 5.54. The normalized spacial score (nSPS) is 16.5.